The minimum Gasteiger partial charge on any atom is -0.406 e. The Morgan fingerprint density at radius 1 is 1.15 bits per heavy atom. The maximum Gasteiger partial charge on any atom is 0.573 e. The fourth-order valence-electron chi connectivity index (χ4n) is 1.32. The molecule has 0 N–H and O–H groups in total. The van der Waals surface area contributed by atoms with Crippen molar-refractivity contribution in [1.29, 1.82) is 0 Å². The van der Waals surface area contributed by atoms with E-state index >= 15 is 0 Å². The van der Waals surface area contributed by atoms with Crippen molar-refractivity contribution in [3.05, 3.63) is 23.8 Å². The van der Waals surface area contributed by atoms with Crippen LogP contribution in [0.1, 0.15) is 23.7 Å². The van der Waals surface area contributed by atoms with Gasteiger partial charge in [-0.3, -0.25) is 4.79 Å². The van der Waals surface area contributed by atoms with E-state index in [0.29, 0.717) is 6.07 Å². The molecule has 0 amide bonds. The monoisotopic (exact) mass is 318 g/mol. The van der Waals surface area contributed by atoms with Crippen LogP contribution in [-0.4, -0.2) is 17.7 Å². The minimum atomic E-state index is -5.05. The highest BCUT2D eigenvalue weighted by Gasteiger charge is 2.33. The maximum absolute atomic E-state index is 12.2. The van der Waals surface area contributed by atoms with Crippen molar-refractivity contribution in [1.82, 2.24) is 0 Å². The summed E-state index contributed by atoms with van der Waals surface area (Å²) < 4.78 is 76.5. The lowest BCUT2D eigenvalue weighted by Gasteiger charge is -2.12. The molecule has 0 saturated carbocycles. The molecule has 0 atom stereocenters. The molecule has 0 aromatic heterocycles. The molecule has 0 bridgehead atoms. The molecule has 1 aromatic rings. The predicted octanol–water partition coefficient (Wildman–Crippen LogP) is 4.79. The molecular formula is C11H8F6O2S. The number of hydrogen-bond donors (Lipinski definition) is 0. The molecule has 2 nitrogen and oxygen atoms in total. The van der Waals surface area contributed by atoms with Crippen LogP contribution < -0.4 is 4.74 Å². The van der Waals surface area contributed by atoms with Crippen LogP contribution >= 0.6 is 11.8 Å². The van der Waals surface area contributed by atoms with Gasteiger partial charge < -0.3 is 4.74 Å². The molecular weight excluding hydrogens is 310 g/mol. The summed E-state index contributed by atoms with van der Waals surface area (Å²) in [6.07, 6.45) is -5.10. The molecule has 20 heavy (non-hydrogen) atoms. The van der Waals surface area contributed by atoms with E-state index in [2.05, 4.69) is 4.74 Å². The van der Waals surface area contributed by atoms with E-state index in [1.165, 1.54) is 6.92 Å². The van der Waals surface area contributed by atoms with Crippen molar-refractivity contribution in [3.63, 3.8) is 0 Å². The summed E-state index contributed by atoms with van der Waals surface area (Å²) in [5.41, 5.74) is -4.94. The first-order valence-corrected chi connectivity index (χ1v) is 6.01. The van der Waals surface area contributed by atoms with Crippen LogP contribution in [0.2, 0.25) is 0 Å². The highest BCUT2D eigenvalue weighted by Crippen LogP contribution is 2.39. The van der Waals surface area contributed by atoms with E-state index in [1.807, 2.05) is 0 Å². The van der Waals surface area contributed by atoms with Crippen LogP contribution in [0.15, 0.2) is 23.1 Å². The Morgan fingerprint density at radius 3 is 2.20 bits per heavy atom. The average molecular weight is 318 g/mol. The Morgan fingerprint density at radius 2 is 1.75 bits per heavy atom. The number of alkyl halides is 6. The van der Waals surface area contributed by atoms with Gasteiger partial charge in [-0.2, -0.15) is 13.2 Å². The zero-order valence-corrected chi connectivity index (χ0v) is 10.7. The molecule has 0 spiro atoms. The van der Waals surface area contributed by atoms with Gasteiger partial charge in [-0.25, -0.2) is 0 Å². The van der Waals surface area contributed by atoms with Gasteiger partial charge in [-0.1, -0.05) is 6.92 Å². The van der Waals surface area contributed by atoms with Crippen LogP contribution in [0.4, 0.5) is 26.3 Å². The Labute approximate surface area is 114 Å². The van der Waals surface area contributed by atoms with Gasteiger partial charge in [0, 0.05) is 16.9 Å². The van der Waals surface area contributed by atoms with Crippen LogP contribution in [0.3, 0.4) is 0 Å². The van der Waals surface area contributed by atoms with E-state index in [1.54, 1.807) is 0 Å². The van der Waals surface area contributed by atoms with Crippen molar-refractivity contribution in [2.24, 2.45) is 0 Å². The van der Waals surface area contributed by atoms with Crippen molar-refractivity contribution < 1.29 is 35.9 Å². The lowest BCUT2D eigenvalue weighted by molar-refractivity contribution is -0.274. The zero-order chi connectivity index (χ0) is 15.6. The van der Waals surface area contributed by atoms with Gasteiger partial charge in [0.05, 0.1) is 0 Å². The lowest BCUT2D eigenvalue weighted by atomic mass is 10.1. The van der Waals surface area contributed by atoms with Crippen LogP contribution in [-0.2, 0) is 0 Å². The second-order valence-electron chi connectivity index (χ2n) is 3.57. The highest BCUT2D eigenvalue weighted by atomic mass is 32.2. The Kier molecular flexibility index (Phi) is 4.95. The smallest absolute Gasteiger partial charge is 0.406 e. The third-order valence-corrected chi connectivity index (χ3v) is 2.69. The van der Waals surface area contributed by atoms with Crippen molar-refractivity contribution >= 4 is 17.5 Å². The summed E-state index contributed by atoms with van der Waals surface area (Å²) in [4.78, 5) is 10.9. The molecule has 0 radical (unpaired) electrons. The quantitative estimate of drug-likeness (QED) is 0.453. The Balaban J connectivity index is 3.17. The van der Waals surface area contributed by atoms with Gasteiger partial charge in [-0.05, 0) is 30.0 Å². The molecule has 0 fully saturated rings. The summed E-state index contributed by atoms with van der Waals surface area (Å²) in [6, 6.07) is 2.23. The van der Waals surface area contributed by atoms with E-state index < -0.39 is 40.1 Å². The number of Topliss-reactive ketones (excluding diaryl/α,β-unsaturated/α-hetero) is 1. The van der Waals surface area contributed by atoms with Crippen LogP contribution in [0, 0.1) is 0 Å². The summed E-state index contributed by atoms with van der Waals surface area (Å²) in [6.45, 7) is 1.44. The van der Waals surface area contributed by atoms with Crippen LogP contribution in [0.25, 0.3) is 0 Å². The van der Waals surface area contributed by atoms with Gasteiger partial charge in [0.1, 0.15) is 5.75 Å². The number of ketones is 1. The molecule has 0 unspecified atom stereocenters. The summed E-state index contributed by atoms with van der Waals surface area (Å²) in [5, 5.41) is 0. The third kappa shape index (κ3) is 5.72. The SMILES string of the molecule is CCC(=O)c1cc(OC(F)(F)F)cc(SC(F)(F)F)c1. The first kappa shape index (κ1) is 16.7. The maximum atomic E-state index is 12.2. The second kappa shape index (κ2) is 5.94. The number of carbonyl (C=O) groups is 1. The fraction of sp³-hybridized carbons (Fsp3) is 0.364. The number of hydrogen-bond acceptors (Lipinski definition) is 3. The third-order valence-electron chi connectivity index (χ3n) is 1.99. The first-order chi connectivity index (χ1) is 9.00. The zero-order valence-electron chi connectivity index (χ0n) is 9.93. The molecule has 112 valence electrons. The number of thioether (sulfide) groups is 1. The summed E-state index contributed by atoms with van der Waals surface area (Å²) in [5.74, 6) is -1.44. The second-order valence-corrected chi connectivity index (χ2v) is 4.70. The Bertz CT molecular complexity index is 460. The average Bonchev–Trinajstić information content (AvgIpc) is 2.22. The topological polar surface area (TPSA) is 26.3 Å². The molecule has 0 aliphatic carbocycles. The number of benzene rings is 1. The molecule has 9 heteroatoms. The highest BCUT2D eigenvalue weighted by molar-refractivity contribution is 8.00. The minimum absolute atomic E-state index is 0.0500. The molecule has 1 rings (SSSR count). The molecule has 0 aliphatic heterocycles. The summed E-state index contributed by atoms with van der Waals surface area (Å²) in [7, 11) is 0. The van der Waals surface area contributed by atoms with E-state index in [4.69, 9.17) is 0 Å². The fourth-order valence-corrected chi connectivity index (χ4v) is 1.95. The standard InChI is InChI=1S/C11H8F6O2S/c1-2-9(18)6-3-7(19-10(12,13)14)5-8(4-6)20-11(15,16)17/h3-5H,2H2,1H3. The van der Waals surface area contributed by atoms with Crippen molar-refractivity contribution in [2.75, 3.05) is 0 Å². The Hall–Kier alpha value is -1.38. The van der Waals surface area contributed by atoms with Gasteiger partial charge in [0.2, 0.25) is 0 Å². The van der Waals surface area contributed by atoms with Crippen molar-refractivity contribution in [3.8, 4) is 5.75 Å². The van der Waals surface area contributed by atoms with Gasteiger partial charge in [-0.15, -0.1) is 13.2 Å². The normalized spacial score (nSPS) is 12.3. The predicted molar refractivity (Wildman–Crippen MR) is 59.7 cm³/mol. The molecule has 1 aromatic carbocycles. The number of carbonyl (C=O) groups excluding carboxylic acids is 1. The van der Waals surface area contributed by atoms with E-state index in [9.17, 15) is 31.1 Å². The van der Waals surface area contributed by atoms with E-state index in [-0.39, 0.29) is 12.0 Å². The molecule has 0 saturated heterocycles. The van der Waals surface area contributed by atoms with Crippen LogP contribution in [0.5, 0.6) is 5.75 Å². The number of halogens is 6. The van der Waals surface area contributed by atoms with Gasteiger partial charge in [0.15, 0.2) is 5.78 Å². The first-order valence-electron chi connectivity index (χ1n) is 5.20. The largest absolute Gasteiger partial charge is 0.573 e. The van der Waals surface area contributed by atoms with Gasteiger partial charge in [0.25, 0.3) is 0 Å². The van der Waals surface area contributed by atoms with Gasteiger partial charge >= 0.3 is 11.9 Å². The summed E-state index contributed by atoms with van der Waals surface area (Å²) >= 11 is -0.617. The molecule has 0 aliphatic rings. The molecule has 0 heterocycles. The van der Waals surface area contributed by atoms with E-state index in [0.717, 1.165) is 12.1 Å². The number of ether oxygens (including phenoxy) is 1. The van der Waals surface area contributed by atoms with Crippen molar-refractivity contribution in [2.45, 2.75) is 30.1 Å². The lowest BCUT2D eigenvalue weighted by Crippen LogP contribution is -2.17. The number of rotatable bonds is 4.